The Morgan fingerprint density at radius 1 is 0.864 bits per heavy atom. The molecular weight excluding hydrogens is 563 g/mol. The van der Waals surface area contributed by atoms with Gasteiger partial charge in [-0.15, -0.1) is 0 Å². The van der Waals surface area contributed by atoms with E-state index in [9.17, 15) is 9.59 Å². The fourth-order valence-electron chi connectivity index (χ4n) is 6.05. The van der Waals surface area contributed by atoms with Crippen LogP contribution in [0.4, 0.5) is 5.69 Å². The third-order valence-electron chi connectivity index (χ3n) is 8.31. The number of carbonyl (C=O) groups is 1. The highest BCUT2D eigenvalue weighted by Gasteiger charge is 2.32. The normalized spacial score (nSPS) is 15.1. The number of anilines is 1. The van der Waals surface area contributed by atoms with Crippen molar-refractivity contribution >= 4 is 50.6 Å². The van der Waals surface area contributed by atoms with E-state index in [1.54, 1.807) is 4.57 Å². The number of amides is 1. The molecule has 1 amide bonds. The lowest BCUT2D eigenvalue weighted by Crippen LogP contribution is -2.40. The van der Waals surface area contributed by atoms with Crippen molar-refractivity contribution in [2.45, 2.75) is 32.7 Å². The zero-order chi connectivity index (χ0) is 30.4. The van der Waals surface area contributed by atoms with E-state index in [1.165, 1.54) is 16.9 Å². The van der Waals surface area contributed by atoms with Crippen LogP contribution in [-0.2, 0) is 4.79 Å². The molecule has 0 unspecified atom stereocenters. The van der Waals surface area contributed by atoms with E-state index in [0.717, 1.165) is 32.7 Å². The van der Waals surface area contributed by atoms with Crippen molar-refractivity contribution in [1.82, 2.24) is 4.57 Å². The number of hydrogen-bond donors (Lipinski definition) is 1. The van der Waals surface area contributed by atoms with Gasteiger partial charge >= 0.3 is 0 Å². The fraction of sp³-hybridized carbons (Fsp3) is 0.132. The highest BCUT2D eigenvalue weighted by molar-refractivity contribution is 7.07. The molecule has 1 aliphatic rings. The van der Waals surface area contributed by atoms with E-state index in [0.29, 0.717) is 32.2 Å². The first-order valence-electron chi connectivity index (χ1n) is 14.8. The van der Waals surface area contributed by atoms with E-state index >= 15 is 0 Å². The summed E-state index contributed by atoms with van der Waals surface area (Å²) in [5, 5.41) is 7.42. The molecule has 0 spiro atoms. The molecular formula is C38H31N3O2S. The highest BCUT2D eigenvalue weighted by Crippen LogP contribution is 2.32. The van der Waals surface area contributed by atoms with Crippen molar-refractivity contribution in [3.63, 3.8) is 0 Å². The predicted octanol–water partition coefficient (Wildman–Crippen LogP) is 7.30. The molecule has 6 aromatic rings. The summed E-state index contributed by atoms with van der Waals surface area (Å²) < 4.78 is 2.27. The number of carbonyl (C=O) groups excluding carboxylic acids is 1. The number of rotatable bonds is 5. The summed E-state index contributed by atoms with van der Waals surface area (Å²) in [4.78, 5) is 33.7. The van der Waals surface area contributed by atoms with Gasteiger partial charge in [-0.2, -0.15) is 0 Å². The van der Waals surface area contributed by atoms with Crippen molar-refractivity contribution < 1.29 is 4.79 Å². The molecule has 0 saturated carbocycles. The first-order chi connectivity index (χ1) is 21.4. The van der Waals surface area contributed by atoms with E-state index in [-0.39, 0.29) is 11.5 Å². The van der Waals surface area contributed by atoms with Crippen molar-refractivity contribution in [3.05, 3.63) is 157 Å². The number of thiazole rings is 1. The zero-order valence-electron chi connectivity index (χ0n) is 24.7. The van der Waals surface area contributed by atoms with Crippen LogP contribution in [0.5, 0.6) is 0 Å². The fourth-order valence-corrected chi connectivity index (χ4v) is 7.07. The summed E-state index contributed by atoms with van der Waals surface area (Å²) in [6.07, 6.45) is 2.00. The third kappa shape index (κ3) is 4.87. The Morgan fingerprint density at radius 3 is 2.11 bits per heavy atom. The summed E-state index contributed by atoms with van der Waals surface area (Å²) in [5.41, 5.74) is 4.64. The number of para-hydroxylation sites is 1. The van der Waals surface area contributed by atoms with Gasteiger partial charge in [0.05, 0.1) is 21.8 Å². The highest BCUT2D eigenvalue weighted by atomic mass is 32.1. The van der Waals surface area contributed by atoms with Crippen molar-refractivity contribution in [2.24, 2.45) is 4.99 Å². The summed E-state index contributed by atoms with van der Waals surface area (Å²) in [6, 6.07) is 35.7. The molecule has 5 aromatic carbocycles. The molecule has 1 aromatic heterocycles. The number of fused-ring (bicyclic) bond motifs is 3. The number of hydrogen-bond acceptors (Lipinski definition) is 4. The second kappa shape index (κ2) is 11.2. The van der Waals surface area contributed by atoms with Gasteiger partial charge in [0, 0.05) is 5.69 Å². The standard InChI is InChI=1S/C38H31N3O2S/c1-23(2)25-17-19-26(20-18-25)35-34(36(42)40-29-13-5-4-6-14-29)24(3)39-38-41(35)37(43)33(44-38)22-32-30-15-9-7-11-27(30)21-28-12-8-10-16-31(28)32/h4-23,35H,1-3H3,(H,40,42)/t35-/m1/s1. The molecule has 2 heterocycles. The molecule has 5 nitrogen and oxygen atoms in total. The monoisotopic (exact) mass is 593 g/mol. The van der Waals surface area contributed by atoms with Gasteiger partial charge in [0.1, 0.15) is 0 Å². The molecule has 1 atom stereocenters. The molecule has 44 heavy (non-hydrogen) atoms. The van der Waals surface area contributed by atoms with Crippen LogP contribution in [-0.4, -0.2) is 10.5 Å². The first kappa shape index (κ1) is 27.7. The topological polar surface area (TPSA) is 63.5 Å². The van der Waals surface area contributed by atoms with Gasteiger partial charge in [0.25, 0.3) is 11.5 Å². The maximum absolute atomic E-state index is 14.4. The largest absolute Gasteiger partial charge is 0.322 e. The Morgan fingerprint density at radius 2 is 1.48 bits per heavy atom. The van der Waals surface area contributed by atoms with Crippen LogP contribution in [0, 0.1) is 0 Å². The van der Waals surface area contributed by atoms with E-state index in [2.05, 4.69) is 61.6 Å². The minimum atomic E-state index is -0.623. The van der Waals surface area contributed by atoms with Crippen LogP contribution < -0.4 is 20.2 Å². The second-order valence-corrected chi connectivity index (χ2v) is 12.5. The minimum absolute atomic E-state index is 0.166. The first-order valence-corrected chi connectivity index (χ1v) is 15.6. The van der Waals surface area contributed by atoms with Crippen molar-refractivity contribution in [3.8, 4) is 0 Å². The number of allylic oxidation sites excluding steroid dienone is 1. The average Bonchev–Trinajstić information content (AvgIpc) is 3.34. The SMILES string of the molecule is CC1=C(C(=O)Nc2ccccc2)[C@@H](c2ccc(C(C)C)cc2)n2c(sc(=Cc3c4ccccc4cc4ccccc34)c2=O)=N1. The van der Waals surface area contributed by atoms with Crippen molar-refractivity contribution in [1.29, 1.82) is 0 Å². The van der Waals surface area contributed by atoms with E-state index < -0.39 is 6.04 Å². The molecule has 0 aliphatic carbocycles. The Balaban J connectivity index is 1.44. The van der Waals surface area contributed by atoms with Crippen LogP contribution in [0.1, 0.15) is 49.4 Å². The van der Waals surface area contributed by atoms with Crippen LogP contribution in [0.15, 0.2) is 130 Å². The smallest absolute Gasteiger partial charge is 0.271 e. The quantitative estimate of drug-likeness (QED) is 0.213. The third-order valence-corrected chi connectivity index (χ3v) is 9.29. The number of nitrogens with zero attached hydrogens (tertiary/aromatic N) is 2. The van der Waals surface area contributed by atoms with E-state index in [4.69, 9.17) is 4.99 Å². The van der Waals surface area contributed by atoms with Gasteiger partial charge in [-0.1, -0.05) is 116 Å². The van der Waals surface area contributed by atoms with Crippen LogP contribution >= 0.6 is 11.3 Å². The molecule has 0 radical (unpaired) electrons. The molecule has 0 bridgehead atoms. The predicted molar refractivity (Wildman–Crippen MR) is 181 cm³/mol. The second-order valence-electron chi connectivity index (χ2n) is 11.5. The molecule has 0 fully saturated rings. The zero-order valence-corrected chi connectivity index (χ0v) is 25.6. The molecule has 216 valence electrons. The lowest BCUT2D eigenvalue weighted by molar-refractivity contribution is -0.113. The maximum Gasteiger partial charge on any atom is 0.271 e. The van der Waals surface area contributed by atoms with Gasteiger partial charge < -0.3 is 5.32 Å². The molecule has 6 heteroatoms. The summed E-state index contributed by atoms with van der Waals surface area (Å²) in [7, 11) is 0. The Kier molecular flexibility index (Phi) is 7.07. The van der Waals surface area contributed by atoms with Crippen LogP contribution in [0.3, 0.4) is 0 Å². The van der Waals surface area contributed by atoms with Crippen molar-refractivity contribution in [2.75, 3.05) is 5.32 Å². The summed E-state index contributed by atoms with van der Waals surface area (Å²) in [6.45, 7) is 6.15. The van der Waals surface area contributed by atoms with Crippen LogP contribution in [0.2, 0.25) is 0 Å². The number of benzene rings is 5. The minimum Gasteiger partial charge on any atom is -0.322 e. The van der Waals surface area contributed by atoms with Gasteiger partial charge in [0.2, 0.25) is 0 Å². The number of aromatic nitrogens is 1. The summed E-state index contributed by atoms with van der Waals surface area (Å²) in [5.74, 6) is 0.0874. The maximum atomic E-state index is 14.4. The summed E-state index contributed by atoms with van der Waals surface area (Å²) >= 11 is 1.36. The lowest BCUT2D eigenvalue weighted by atomic mass is 9.93. The number of nitrogens with one attached hydrogen (secondary N) is 1. The Hall–Kier alpha value is -5.07. The molecule has 7 rings (SSSR count). The lowest BCUT2D eigenvalue weighted by Gasteiger charge is -2.25. The van der Waals surface area contributed by atoms with Gasteiger partial charge in [0.15, 0.2) is 4.80 Å². The molecule has 0 saturated heterocycles. The molecule has 1 aliphatic heterocycles. The van der Waals surface area contributed by atoms with Gasteiger partial charge in [-0.25, -0.2) is 4.99 Å². The van der Waals surface area contributed by atoms with Crippen LogP contribution in [0.25, 0.3) is 27.6 Å². The van der Waals surface area contributed by atoms with Gasteiger partial charge in [-0.3, -0.25) is 14.2 Å². The van der Waals surface area contributed by atoms with Gasteiger partial charge in [-0.05, 0) is 75.4 Å². The van der Waals surface area contributed by atoms with E-state index in [1.807, 2.05) is 79.7 Å². The Labute approximate surface area is 259 Å². The average molecular weight is 594 g/mol. The molecule has 1 N–H and O–H groups in total. The Bertz CT molecular complexity index is 2220.